The second-order valence-corrected chi connectivity index (χ2v) is 17.2. The summed E-state index contributed by atoms with van der Waals surface area (Å²) >= 11 is 7.91. The molecular weight excluding hydrogens is 782 g/mol. The molecule has 0 aliphatic carbocycles. The predicted octanol–water partition coefficient (Wildman–Crippen LogP) is 8.46. The summed E-state index contributed by atoms with van der Waals surface area (Å²) in [7, 11) is -3.90. The SMILES string of the molecule is Cc1sc2c(c1C)C(c1ccc(-c3ccc(C(=O)NCc4ccc(S(=O)(=O)Nc5ccc(C)c6c(Cl)c[nH]c56)cc4)cc3)cc1)=N[C@@H](CC(=O)O)c1nnc(C)n1-2. The molecule has 1 aliphatic heterocycles. The average Bonchev–Trinajstić information content (AvgIpc) is 3.85. The summed E-state index contributed by atoms with van der Waals surface area (Å²) in [6.45, 7) is 8.08. The summed E-state index contributed by atoms with van der Waals surface area (Å²) in [5.41, 5.74) is 8.54. The molecule has 0 radical (unpaired) electrons. The number of H-pyrrole nitrogens is 1. The molecule has 15 heteroatoms. The molecule has 12 nitrogen and oxygen atoms in total. The fourth-order valence-corrected chi connectivity index (χ4v) is 9.64. The van der Waals surface area contributed by atoms with E-state index in [0.717, 1.165) is 54.2 Å². The van der Waals surface area contributed by atoms with Gasteiger partial charge in [0.25, 0.3) is 15.9 Å². The molecule has 3 aromatic heterocycles. The van der Waals surface area contributed by atoms with Gasteiger partial charge in [-0.25, -0.2) is 8.42 Å². The number of aliphatic carboxylic acids is 1. The van der Waals surface area contributed by atoms with Crippen molar-refractivity contribution in [3.8, 4) is 16.1 Å². The van der Waals surface area contributed by atoms with Crippen molar-refractivity contribution in [1.82, 2.24) is 25.1 Å². The summed E-state index contributed by atoms with van der Waals surface area (Å²) < 4.78 is 31.0. The largest absolute Gasteiger partial charge is 0.481 e. The number of halogens is 1. The number of sulfonamides is 1. The minimum absolute atomic E-state index is 0.0823. The molecule has 0 fully saturated rings. The summed E-state index contributed by atoms with van der Waals surface area (Å²) in [5.74, 6) is -0.0606. The number of hydrogen-bond donors (Lipinski definition) is 4. The smallest absolute Gasteiger partial charge is 0.306 e. The zero-order valence-corrected chi connectivity index (χ0v) is 33.6. The number of carboxylic acids is 1. The van der Waals surface area contributed by atoms with E-state index in [9.17, 15) is 23.1 Å². The number of nitrogens with zero attached hydrogens (tertiary/aromatic N) is 4. The number of amides is 1. The maximum atomic E-state index is 13.2. The average molecular weight is 818 g/mol. The van der Waals surface area contributed by atoms with Gasteiger partial charge in [-0.15, -0.1) is 21.5 Å². The first-order valence-electron chi connectivity index (χ1n) is 18.0. The lowest BCUT2D eigenvalue weighted by atomic mass is 9.96. The Bertz CT molecular complexity index is 2860. The van der Waals surface area contributed by atoms with Crippen molar-refractivity contribution in [2.24, 2.45) is 4.99 Å². The van der Waals surface area contributed by atoms with Crippen LogP contribution in [0.5, 0.6) is 0 Å². The number of aromatic nitrogens is 4. The Morgan fingerprint density at radius 1 is 0.895 bits per heavy atom. The first kappa shape index (κ1) is 37.8. The van der Waals surface area contributed by atoms with Gasteiger partial charge in [-0.1, -0.05) is 66.2 Å². The highest BCUT2D eigenvalue weighted by molar-refractivity contribution is 7.92. The van der Waals surface area contributed by atoms with Crippen molar-refractivity contribution in [2.45, 2.75) is 51.6 Å². The molecule has 0 saturated carbocycles. The minimum Gasteiger partial charge on any atom is -0.481 e. The number of aryl methyl sites for hydroxylation is 3. The highest BCUT2D eigenvalue weighted by Gasteiger charge is 2.32. The van der Waals surface area contributed by atoms with Crippen molar-refractivity contribution in [3.05, 3.63) is 146 Å². The Hall–Kier alpha value is -6.09. The van der Waals surface area contributed by atoms with Gasteiger partial charge in [-0.2, -0.15) is 0 Å². The predicted molar refractivity (Wildman–Crippen MR) is 222 cm³/mol. The number of aromatic amines is 1. The fourth-order valence-electron chi connectivity index (χ4n) is 7.06. The first-order chi connectivity index (χ1) is 27.3. The normalized spacial score (nSPS) is 13.8. The van der Waals surface area contributed by atoms with Gasteiger partial charge in [0.2, 0.25) is 0 Å². The Morgan fingerprint density at radius 2 is 1.56 bits per heavy atom. The van der Waals surface area contributed by atoms with Crippen LogP contribution in [0.3, 0.4) is 0 Å². The zero-order chi connectivity index (χ0) is 40.2. The van der Waals surface area contributed by atoms with Crippen LogP contribution in [0.25, 0.3) is 27.0 Å². The number of carboxylic acid groups (broad SMARTS) is 1. The van der Waals surface area contributed by atoms with Crippen LogP contribution < -0.4 is 10.0 Å². The van der Waals surface area contributed by atoms with E-state index in [1.54, 1.807) is 47.9 Å². The van der Waals surface area contributed by atoms with E-state index < -0.39 is 22.0 Å². The molecule has 4 heterocycles. The number of fused-ring (bicyclic) bond motifs is 4. The quantitative estimate of drug-likeness (QED) is 0.107. The second kappa shape index (κ2) is 14.8. The molecule has 0 unspecified atom stereocenters. The van der Waals surface area contributed by atoms with Gasteiger partial charge in [0.05, 0.1) is 33.3 Å². The van der Waals surface area contributed by atoms with E-state index in [1.165, 1.54) is 12.1 Å². The maximum Gasteiger partial charge on any atom is 0.306 e. The molecule has 0 spiro atoms. The number of carbonyl (C=O) groups excluding carboxylic acids is 1. The molecule has 1 aliphatic rings. The Morgan fingerprint density at radius 3 is 2.25 bits per heavy atom. The van der Waals surface area contributed by atoms with Crippen molar-refractivity contribution in [1.29, 1.82) is 0 Å². The molecule has 4 N–H and O–H groups in total. The van der Waals surface area contributed by atoms with Gasteiger partial charge in [0.15, 0.2) is 5.82 Å². The van der Waals surface area contributed by atoms with E-state index in [0.29, 0.717) is 39.2 Å². The van der Waals surface area contributed by atoms with Crippen molar-refractivity contribution in [3.63, 3.8) is 0 Å². The third kappa shape index (κ3) is 7.11. The third-order valence-corrected chi connectivity index (χ3v) is 13.0. The topological polar surface area (TPSA) is 171 Å². The highest BCUT2D eigenvalue weighted by Crippen LogP contribution is 2.40. The van der Waals surface area contributed by atoms with E-state index in [4.69, 9.17) is 16.6 Å². The van der Waals surface area contributed by atoms with E-state index in [2.05, 4.69) is 39.1 Å². The van der Waals surface area contributed by atoms with Gasteiger partial charge >= 0.3 is 5.97 Å². The second-order valence-electron chi connectivity index (χ2n) is 13.9. The van der Waals surface area contributed by atoms with E-state index in [-0.39, 0.29) is 23.8 Å². The minimum atomic E-state index is -3.90. The van der Waals surface area contributed by atoms with Crippen LogP contribution in [0, 0.1) is 27.7 Å². The molecule has 0 saturated heterocycles. The number of rotatable bonds is 10. The lowest BCUT2D eigenvalue weighted by Crippen LogP contribution is -2.22. The molecule has 0 bridgehead atoms. The zero-order valence-electron chi connectivity index (χ0n) is 31.2. The third-order valence-electron chi connectivity index (χ3n) is 10.2. The molecule has 8 rings (SSSR count). The van der Waals surface area contributed by atoms with Crippen LogP contribution in [-0.2, 0) is 21.4 Å². The number of carbonyl (C=O) groups is 2. The number of anilines is 1. The summed E-state index contributed by atoms with van der Waals surface area (Å²) in [6.07, 6.45) is 1.41. The Labute approximate surface area is 337 Å². The van der Waals surface area contributed by atoms with E-state index >= 15 is 0 Å². The molecule has 57 heavy (non-hydrogen) atoms. The summed E-state index contributed by atoms with van der Waals surface area (Å²) in [4.78, 5) is 34.3. The lowest BCUT2D eigenvalue weighted by molar-refractivity contribution is -0.137. The Kier molecular flexibility index (Phi) is 9.80. The highest BCUT2D eigenvalue weighted by atomic mass is 35.5. The monoisotopic (exact) mass is 817 g/mol. The van der Waals surface area contributed by atoms with Gasteiger partial charge in [0.1, 0.15) is 16.9 Å². The molecule has 7 aromatic rings. The van der Waals surface area contributed by atoms with Crippen molar-refractivity contribution in [2.75, 3.05) is 4.72 Å². The number of aliphatic imine (C=N–C) groups is 1. The van der Waals surface area contributed by atoms with Crippen LogP contribution >= 0.6 is 22.9 Å². The summed E-state index contributed by atoms with van der Waals surface area (Å²) in [6, 6.07) is 24.3. The maximum absolute atomic E-state index is 13.2. The van der Waals surface area contributed by atoms with Crippen LogP contribution in [0.1, 0.15) is 67.2 Å². The molecule has 4 aromatic carbocycles. The molecule has 1 atom stereocenters. The number of hydrogen-bond acceptors (Lipinski definition) is 8. The van der Waals surface area contributed by atoms with Crippen LogP contribution in [0.15, 0.2) is 101 Å². The molecular formula is C42H36ClN7O5S2. The van der Waals surface area contributed by atoms with Gasteiger partial charge in [-0.3, -0.25) is 23.9 Å². The Balaban J connectivity index is 0.944. The number of nitrogens with one attached hydrogen (secondary N) is 3. The number of thiophene rings is 1. The summed E-state index contributed by atoms with van der Waals surface area (Å²) in [5, 5.41) is 23.4. The van der Waals surface area contributed by atoms with Gasteiger partial charge < -0.3 is 15.4 Å². The standard InChI is InChI=1S/C42H36ClN7O5S2/c1-22-5-18-33(39-36(22)32(43)21-44-39)49-57(54,55)31-16-6-26(7-17-31)20-45-41(53)30-14-10-28(11-15-30)27-8-12-29(13-9-27)38-37-23(2)24(3)56-42(37)50-25(4)47-48-40(50)34(46-38)19-35(51)52/h5-18,21,34,44,49H,19-20H2,1-4H3,(H,45,53)(H,51,52)/t34-/m0/s1. The van der Waals surface area contributed by atoms with Gasteiger partial charge in [0, 0.05) is 39.7 Å². The van der Waals surface area contributed by atoms with Crippen molar-refractivity contribution < 1.29 is 23.1 Å². The fraction of sp³-hybridized carbons (Fsp3) is 0.167. The first-order valence-corrected chi connectivity index (χ1v) is 20.7. The number of benzene rings is 4. The van der Waals surface area contributed by atoms with Crippen LogP contribution in [0.2, 0.25) is 5.02 Å². The van der Waals surface area contributed by atoms with Crippen LogP contribution in [-0.4, -0.2) is 50.9 Å². The molecule has 288 valence electrons. The van der Waals surface area contributed by atoms with Crippen molar-refractivity contribution >= 4 is 67.1 Å². The molecule has 1 amide bonds. The van der Waals surface area contributed by atoms with Gasteiger partial charge in [-0.05, 0) is 85.8 Å². The van der Waals surface area contributed by atoms with Crippen LogP contribution in [0.4, 0.5) is 5.69 Å². The lowest BCUT2D eigenvalue weighted by Gasteiger charge is -2.12. The van der Waals surface area contributed by atoms with E-state index in [1.807, 2.05) is 60.9 Å².